The molecule has 3 heteroatoms. The number of benzene rings is 1. The van der Waals surface area contributed by atoms with Gasteiger partial charge in [0.25, 0.3) is 0 Å². The minimum atomic E-state index is -0.167. The molecule has 1 nitrogen and oxygen atoms in total. The Labute approximate surface area is 118 Å². The van der Waals surface area contributed by atoms with Gasteiger partial charge in [0.15, 0.2) is 0 Å². The van der Waals surface area contributed by atoms with E-state index in [-0.39, 0.29) is 5.82 Å². The van der Waals surface area contributed by atoms with Crippen molar-refractivity contribution in [1.82, 2.24) is 0 Å². The van der Waals surface area contributed by atoms with Crippen LogP contribution in [-0.4, -0.2) is 18.9 Å². The van der Waals surface area contributed by atoms with E-state index in [4.69, 9.17) is 0 Å². The van der Waals surface area contributed by atoms with Crippen LogP contribution in [0, 0.1) is 11.2 Å². The van der Waals surface area contributed by atoms with Crippen LogP contribution in [-0.2, 0) is 0 Å². The standard InChI is InChI=1S/C15H21BrFN/c1-18(14-7-5-13(17)6-8-14)12-15(11-16)9-3-2-4-10-15/h5-8H,2-4,9-12H2,1H3. The first-order chi connectivity index (χ1) is 8.65. The average Bonchev–Trinajstić information content (AvgIpc) is 2.40. The third-order valence-corrected chi connectivity index (χ3v) is 5.23. The molecule has 0 aromatic heterocycles. The molecule has 0 atom stereocenters. The van der Waals surface area contributed by atoms with Gasteiger partial charge in [-0.1, -0.05) is 35.2 Å². The number of hydrogen-bond donors (Lipinski definition) is 0. The van der Waals surface area contributed by atoms with Crippen LogP contribution < -0.4 is 4.90 Å². The van der Waals surface area contributed by atoms with Crippen molar-refractivity contribution in [3.63, 3.8) is 0 Å². The third kappa shape index (κ3) is 3.25. The van der Waals surface area contributed by atoms with E-state index in [0.717, 1.165) is 17.6 Å². The molecule has 1 aliphatic rings. The van der Waals surface area contributed by atoms with Crippen molar-refractivity contribution in [3.8, 4) is 0 Å². The summed E-state index contributed by atoms with van der Waals surface area (Å²) < 4.78 is 12.9. The van der Waals surface area contributed by atoms with Crippen LogP contribution in [0.15, 0.2) is 24.3 Å². The van der Waals surface area contributed by atoms with E-state index in [0.29, 0.717) is 5.41 Å². The monoisotopic (exact) mass is 313 g/mol. The second-order valence-corrected chi connectivity index (χ2v) is 6.09. The van der Waals surface area contributed by atoms with Crippen molar-refractivity contribution in [2.45, 2.75) is 32.1 Å². The summed E-state index contributed by atoms with van der Waals surface area (Å²) in [4.78, 5) is 2.26. The van der Waals surface area contributed by atoms with E-state index >= 15 is 0 Å². The maximum absolute atomic E-state index is 12.9. The van der Waals surface area contributed by atoms with Crippen molar-refractivity contribution >= 4 is 21.6 Å². The van der Waals surface area contributed by atoms with Crippen LogP contribution in [0.5, 0.6) is 0 Å². The maximum Gasteiger partial charge on any atom is 0.123 e. The van der Waals surface area contributed by atoms with Crippen LogP contribution in [0.2, 0.25) is 0 Å². The molecule has 1 aromatic rings. The normalized spacial score (nSPS) is 18.6. The fourth-order valence-electron chi connectivity index (χ4n) is 2.93. The minimum Gasteiger partial charge on any atom is -0.374 e. The van der Waals surface area contributed by atoms with Crippen LogP contribution in [0.4, 0.5) is 10.1 Å². The summed E-state index contributed by atoms with van der Waals surface area (Å²) in [5.41, 5.74) is 1.49. The van der Waals surface area contributed by atoms with Gasteiger partial charge in [0.05, 0.1) is 0 Å². The van der Waals surface area contributed by atoms with Crippen LogP contribution in [0.1, 0.15) is 32.1 Å². The number of nitrogens with zero attached hydrogens (tertiary/aromatic N) is 1. The highest BCUT2D eigenvalue weighted by molar-refractivity contribution is 9.09. The molecule has 1 aromatic carbocycles. The van der Waals surface area contributed by atoms with Gasteiger partial charge in [-0.25, -0.2) is 4.39 Å². The Morgan fingerprint density at radius 1 is 1.17 bits per heavy atom. The summed E-state index contributed by atoms with van der Waals surface area (Å²) in [5.74, 6) is -0.167. The van der Waals surface area contributed by atoms with Crippen molar-refractivity contribution in [1.29, 1.82) is 0 Å². The molecule has 0 saturated heterocycles. The molecular formula is C15H21BrFN. The van der Waals surface area contributed by atoms with E-state index < -0.39 is 0 Å². The lowest BCUT2D eigenvalue weighted by molar-refractivity contribution is 0.232. The Kier molecular flexibility index (Phi) is 4.66. The highest BCUT2D eigenvalue weighted by atomic mass is 79.9. The highest BCUT2D eigenvalue weighted by Crippen LogP contribution is 2.39. The summed E-state index contributed by atoms with van der Waals surface area (Å²) in [6.45, 7) is 1.05. The van der Waals surface area contributed by atoms with E-state index in [9.17, 15) is 4.39 Å². The van der Waals surface area contributed by atoms with E-state index in [1.807, 2.05) is 12.1 Å². The zero-order valence-electron chi connectivity index (χ0n) is 11.0. The smallest absolute Gasteiger partial charge is 0.123 e. The zero-order valence-corrected chi connectivity index (χ0v) is 12.5. The molecule has 2 rings (SSSR count). The van der Waals surface area contributed by atoms with Gasteiger partial charge in [-0.2, -0.15) is 0 Å². The Hall–Kier alpha value is -0.570. The Bertz CT molecular complexity index is 371. The van der Waals surface area contributed by atoms with Crippen molar-refractivity contribution < 1.29 is 4.39 Å². The molecule has 0 aliphatic heterocycles. The molecule has 100 valence electrons. The Balaban J connectivity index is 2.04. The first-order valence-corrected chi connectivity index (χ1v) is 7.80. The summed E-state index contributed by atoms with van der Waals surface area (Å²) >= 11 is 3.69. The predicted molar refractivity (Wildman–Crippen MR) is 79.0 cm³/mol. The molecule has 0 bridgehead atoms. The van der Waals surface area contributed by atoms with E-state index in [1.54, 1.807) is 0 Å². The summed E-state index contributed by atoms with van der Waals surface area (Å²) in [5, 5.41) is 1.06. The van der Waals surface area contributed by atoms with Gasteiger partial charge < -0.3 is 4.90 Å². The van der Waals surface area contributed by atoms with Gasteiger partial charge in [0.2, 0.25) is 0 Å². The van der Waals surface area contributed by atoms with Crippen molar-refractivity contribution in [2.24, 2.45) is 5.41 Å². The molecule has 0 radical (unpaired) electrons. The zero-order chi connectivity index (χ0) is 13.0. The lowest BCUT2D eigenvalue weighted by Gasteiger charge is -2.39. The molecule has 0 spiro atoms. The van der Waals surface area contributed by atoms with E-state index in [1.165, 1.54) is 44.2 Å². The molecule has 0 amide bonds. The van der Waals surface area contributed by atoms with E-state index in [2.05, 4.69) is 27.9 Å². The van der Waals surface area contributed by atoms with Crippen molar-refractivity contribution in [3.05, 3.63) is 30.1 Å². The molecular weight excluding hydrogens is 293 g/mol. The molecule has 18 heavy (non-hydrogen) atoms. The van der Waals surface area contributed by atoms with Gasteiger partial charge in [-0.3, -0.25) is 0 Å². The van der Waals surface area contributed by atoms with Crippen molar-refractivity contribution in [2.75, 3.05) is 23.8 Å². The van der Waals surface area contributed by atoms with Gasteiger partial charge >= 0.3 is 0 Å². The first kappa shape index (κ1) is 13.9. The molecule has 0 unspecified atom stereocenters. The summed E-state index contributed by atoms with van der Waals surface area (Å²) in [7, 11) is 2.10. The van der Waals surface area contributed by atoms with Crippen LogP contribution in [0.25, 0.3) is 0 Å². The summed E-state index contributed by atoms with van der Waals surface area (Å²) in [6.07, 6.45) is 6.63. The molecule has 1 fully saturated rings. The number of rotatable bonds is 4. The molecule has 0 N–H and O–H groups in total. The number of halogens is 2. The first-order valence-electron chi connectivity index (χ1n) is 6.68. The number of anilines is 1. The van der Waals surface area contributed by atoms with Crippen LogP contribution in [0.3, 0.4) is 0 Å². The third-order valence-electron chi connectivity index (χ3n) is 4.04. The SMILES string of the molecule is CN(CC1(CBr)CCCCC1)c1ccc(F)cc1. The molecule has 1 aliphatic carbocycles. The maximum atomic E-state index is 12.9. The molecule has 1 saturated carbocycles. The number of alkyl halides is 1. The fourth-order valence-corrected chi connectivity index (χ4v) is 3.66. The quantitative estimate of drug-likeness (QED) is 0.734. The summed E-state index contributed by atoms with van der Waals surface area (Å²) in [6, 6.07) is 6.79. The second kappa shape index (κ2) is 6.05. The lowest BCUT2D eigenvalue weighted by atomic mass is 9.75. The van der Waals surface area contributed by atoms with Crippen LogP contribution >= 0.6 is 15.9 Å². The minimum absolute atomic E-state index is 0.167. The molecule has 0 heterocycles. The Morgan fingerprint density at radius 2 is 1.78 bits per heavy atom. The topological polar surface area (TPSA) is 3.24 Å². The largest absolute Gasteiger partial charge is 0.374 e. The van der Waals surface area contributed by atoms with Gasteiger partial charge in [0, 0.05) is 24.6 Å². The Morgan fingerprint density at radius 3 is 2.33 bits per heavy atom. The lowest BCUT2D eigenvalue weighted by Crippen LogP contribution is -2.38. The average molecular weight is 314 g/mol. The number of hydrogen-bond acceptors (Lipinski definition) is 1. The highest BCUT2D eigenvalue weighted by Gasteiger charge is 2.32. The van der Waals surface area contributed by atoms with Gasteiger partial charge in [-0.15, -0.1) is 0 Å². The predicted octanol–water partition coefficient (Wildman–Crippen LogP) is 4.61. The van der Waals surface area contributed by atoms with Gasteiger partial charge in [0.1, 0.15) is 5.82 Å². The fraction of sp³-hybridized carbons (Fsp3) is 0.600. The second-order valence-electron chi connectivity index (χ2n) is 5.53. The van der Waals surface area contributed by atoms with Gasteiger partial charge in [-0.05, 0) is 42.5 Å².